The maximum absolute atomic E-state index is 11.9. The second-order valence-electron chi connectivity index (χ2n) is 3.85. The third kappa shape index (κ3) is 2.43. The van der Waals surface area contributed by atoms with Crippen LogP contribution < -0.4 is 11.5 Å². The van der Waals surface area contributed by atoms with Crippen LogP contribution in [0.5, 0.6) is 0 Å². The van der Waals surface area contributed by atoms with Crippen LogP contribution in [0.2, 0.25) is 0 Å². The smallest absolute Gasteiger partial charge is 0.226 e. The Morgan fingerprint density at radius 2 is 2.11 bits per heavy atom. The molecule has 7 nitrogen and oxygen atoms in total. The molecule has 96 valence electrons. The first-order valence-electron chi connectivity index (χ1n) is 5.15. The fourth-order valence-corrected chi connectivity index (χ4v) is 2.65. The fourth-order valence-electron chi connectivity index (χ4n) is 1.48. The number of nitrogens with zero attached hydrogens (tertiary/aromatic N) is 1. The van der Waals surface area contributed by atoms with Crippen molar-refractivity contribution in [2.45, 2.75) is 11.6 Å². The molecule has 2 aromatic rings. The van der Waals surface area contributed by atoms with Crippen LogP contribution in [0.1, 0.15) is 6.42 Å². The minimum atomic E-state index is -3.64. The molecule has 0 bridgehead atoms. The number of nitrogen functional groups attached to an aromatic ring is 1. The Kier molecular flexibility index (Phi) is 2.95. The maximum atomic E-state index is 11.9. The number of carbonyl (C=O) groups excluding carboxylic acids is 1. The average Bonchev–Trinajstić information content (AvgIpc) is 2.70. The van der Waals surface area contributed by atoms with Gasteiger partial charge >= 0.3 is 0 Å². The first-order valence-corrected chi connectivity index (χ1v) is 6.80. The van der Waals surface area contributed by atoms with Crippen LogP contribution in [0.4, 0.5) is 5.69 Å². The molecule has 0 saturated heterocycles. The molecule has 0 fully saturated rings. The molecule has 0 unspecified atom stereocenters. The quantitative estimate of drug-likeness (QED) is 0.660. The molecule has 5 N–H and O–H groups in total. The van der Waals surface area contributed by atoms with Crippen molar-refractivity contribution in [3.8, 4) is 0 Å². The SMILES string of the molecule is NC(=O)CCS(=O)(=O)c1nc2ccc(N)cc2[nH]1. The molecule has 1 aromatic heterocycles. The van der Waals surface area contributed by atoms with E-state index in [1.54, 1.807) is 18.2 Å². The molecule has 0 saturated carbocycles. The molecule has 0 aliphatic rings. The van der Waals surface area contributed by atoms with E-state index < -0.39 is 15.7 Å². The summed E-state index contributed by atoms with van der Waals surface area (Å²) >= 11 is 0. The first-order chi connectivity index (χ1) is 8.38. The highest BCUT2D eigenvalue weighted by atomic mass is 32.2. The van der Waals surface area contributed by atoms with Crippen molar-refractivity contribution in [2.24, 2.45) is 5.73 Å². The second kappa shape index (κ2) is 4.30. The van der Waals surface area contributed by atoms with Gasteiger partial charge < -0.3 is 16.5 Å². The standard InChI is InChI=1S/C10H12N4O3S/c11-6-1-2-7-8(5-6)14-10(13-7)18(16,17)4-3-9(12)15/h1-2,5H,3-4,11H2,(H2,12,15)(H,13,14). The van der Waals surface area contributed by atoms with Crippen LogP contribution in [0.15, 0.2) is 23.4 Å². The van der Waals surface area contributed by atoms with E-state index in [9.17, 15) is 13.2 Å². The van der Waals surface area contributed by atoms with Gasteiger partial charge in [-0.2, -0.15) is 0 Å². The molecule has 2 rings (SSSR count). The van der Waals surface area contributed by atoms with E-state index in [-0.39, 0.29) is 17.3 Å². The van der Waals surface area contributed by atoms with Gasteiger partial charge in [0.15, 0.2) is 0 Å². The Morgan fingerprint density at radius 3 is 2.78 bits per heavy atom. The number of benzene rings is 1. The van der Waals surface area contributed by atoms with Gasteiger partial charge in [0, 0.05) is 12.1 Å². The van der Waals surface area contributed by atoms with E-state index in [0.717, 1.165) is 0 Å². The minimum absolute atomic E-state index is 0.177. The Morgan fingerprint density at radius 1 is 1.39 bits per heavy atom. The molecule has 0 atom stereocenters. The summed E-state index contributed by atoms with van der Waals surface area (Å²) in [4.78, 5) is 17.2. The second-order valence-corrected chi connectivity index (χ2v) is 5.88. The molecule has 18 heavy (non-hydrogen) atoms. The number of sulfone groups is 1. The summed E-state index contributed by atoms with van der Waals surface area (Å²) in [6, 6.07) is 4.84. The molecule has 0 aliphatic heterocycles. The molecular weight excluding hydrogens is 256 g/mol. The Balaban J connectivity index is 2.38. The van der Waals surface area contributed by atoms with Crippen molar-refractivity contribution in [1.29, 1.82) is 0 Å². The van der Waals surface area contributed by atoms with Crippen LogP contribution >= 0.6 is 0 Å². The van der Waals surface area contributed by atoms with Crippen molar-refractivity contribution in [1.82, 2.24) is 9.97 Å². The van der Waals surface area contributed by atoms with Crippen LogP contribution in [-0.4, -0.2) is 30.0 Å². The lowest BCUT2D eigenvalue weighted by Gasteiger charge is -1.97. The topological polar surface area (TPSA) is 132 Å². The summed E-state index contributed by atoms with van der Waals surface area (Å²) in [5, 5.41) is -0.177. The van der Waals surface area contributed by atoms with Crippen molar-refractivity contribution < 1.29 is 13.2 Å². The predicted octanol–water partition coefficient (Wildman–Crippen LogP) is -0.206. The molecule has 0 radical (unpaired) electrons. The summed E-state index contributed by atoms with van der Waals surface area (Å²) in [7, 11) is -3.64. The highest BCUT2D eigenvalue weighted by molar-refractivity contribution is 7.91. The zero-order chi connectivity index (χ0) is 13.3. The third-order valence-corrected chi connectivity index (χ3v) is 3.92. The Bertz CT molecular complexity index is 705. The molecule has 1 aromatic carbocycles. The van der Waals surface area contributed by atoms with Crippen LogP contribution in [0.25, 0.3) is 11.0 Å². The lowest BCUT2D eigenvalue weighted by molar-refractivity contribution is -0.117. The van der Waals surface area contributed by atoms with Crippen molar-refractivity contribution in [3.05, 3.63) is 18.2 Å². The Labute approximate surface area is 103 Å². The normalized spacial score (nSPS) is 11.8. The third-order valence-electron chi connectivity index (χ3n) is 2.40. The number of nitrogens with two attached hydrogens (primary N) is 2. The zero-order valence-corrected chi connectivity index (χ0v) is 10.2. The van der Waals surface area contributed by atoms with Crippen LogP contribution in [0.3, 0.4) is 0 Å². The molecule has 0 spiro atoms. The first kappa shape index (κ1) is 12.4. The Hall–Kier alpha value is -2.09. The number of anilines is 1. The number of hydrogen-bond acceptors (Lipinski definition) is 5. The van der Waals surface area contributed by atoms with Gasteiger partial charge in [-0.25, -0.2) is 13.4 Å². The van der Waals surface area contributed by atoms with E-state index in [0.29, 0.717) is 16.7 Å². The number of hydrogen-bond donors (Lipinski definition) is 3. The lowest BCUT2D eigenvalue weighted by atomic mass is 10.3. The molecule has 1 amide bonds. The zero-order valence-electron chi connectivity index (χ0n) is 9.38. The number of fused-ring (bicyclic) bond motifs is 1. The molecule has 8 heteroatoms. The number of aromatic nitrogens is 2. The fraction of sp³-hybridized carbons (Fsp3) is 0.200. The summed E-state index contributed by atoms with van der Waals surface area (Å²) < 4.78 is 23.7. The van der Waals surface area contributed by atoms with Gasteiger partial charge in [0.25, 0.3) is 0 Å². The number of rotatable bonds is 4. The summed E-state index contributed by atoms with van der Waals surface area (Å²) in [5.41, 5.74) is 12.0. The largest absolute Gasteiger partial charge is 0.399 e. The molecule has 1 heterocycles. The number of H-pyrrole nitrogens is 1. The molecular formula is C10H12N4O3S. The van der Waals surface area contributed by atoms with Crippen molar-refractivity contribution >= 4 is 32.5 Å². The van der Waals surface area contributed by atoms with Gasteiger partial charge in [0.05, 0.1) is 16.8 Å². The van der Waals surface area contributed by atoms with Crippen molar-refractivity contribution in [2.75, 3.05) is 11.5 Å². The van der Waals surface area contributed by atoms with Gasteiger partial charge in [-0.3, -0.25) is 4.79 Å². The monoisotopic (exact) mass is 268 g/mol. The highest BCUT2D eigenvalue weighted by Crippen LogP contribution is 2.18. The van der Waals surface area contributed by atoms with E-state index in [1.807, 2.05) is 0 Å². The maximum Gasteiger partial charge on any atom is 0.226 e. The average molecular weight is 268 g/mol. The van der Waals surface area contributed by atoms with Crippen LogP contribution in [-0.2, 0) is 14.6 Å². The van der Waals surface area contributed by atoms with Gasteiger partial charge in [-0.15, -0.1) is 0 Å². The summed E-state index contributed by atoms with van der Waals surface area (Å²) in [5.74, 6) is -1.03. The van der Waals surface area contributed by atoms with E-state index in [2.05, 4.69) is 9.97 Å². The van der Waals surface area contributed by atoms with E-state index >= 15 is 0 Å². The minimum Gasteiger partial charge on any atom is -0.399 e. The van der Waals surface area contributed by atoms with Gasteiger partial charge in [-0.05, 0) is 18.2 Å². The van der Waals surface area contributed by atoms with Gasteiger partial charge in [-0.1, -0.05) is 0 Å². The summed E-state index contributed by atoms with van der Waals surface area (Å²) in [6.45, 7) is 0. The summed E-state index contributed by atoms with van der Waals surface area (Å²) in [6.07, 6.45) is -0.235. The van der Waals surface area contributed by atoms with Gasteiger partial charge in [0.1, 0.15) is 0 Å². The number of imidazole rings is 1. The van der Waals surface area contributed by atoms with E-state index in [4.69, 9.17) is 11.5 Å². The lowest BCUT2D eigenvalue weighted by Crippen LogP contribution is -2.17. The van der Waals surface area contributed by atoms with Crippen LogP contribution in [0, 0.1) is 0 Å². The highest BCUT2D eigenvalue weighted by Gasteiger charge is 2.19. The number of aromatic amines is 1. The predicted molar refractivity (Wildman–Crippen MR) is 66.4 cm³/mol. The number of nitrogens with one attached hydrogen (secondary N) is 1. The van der Waals surface area contributed by atoms with Crippen molar-refractivity contribution in [3.63, 3.8) is 0 Å². The van der Waals surface area contributed by atoms with Gasteiger partial charge in [0.2, 0.25) is 20.9 Å². The molecule has 0 aliphatic carbocycles. The van der Waals surface area contributed by atoms with E-state index in [1.165, 1.54) is 0 Å². The number of carbonyl (C=O) groups is 1. The number of amides is 1. The number of primary amides is 1.